The van der Waals surface area contributed by atoms with Gasteiger partial charge in [-0.15, -0.1) is 0 Å². The summed E-state index contributed by atoms with van der Waals surface area (Å²) in [6.07, 6.45) is 4.79. The molecule has 0 aliphatic carbocycles. The van der Waals surface area contributed by atoms with Crippen molar-refractivity contribution >= 4 is 22.5 Å². The molecule has 0 amide bonds. The van der Waals surface area contributed by atoms with Crippen LogP contribution in [0.5, 0.6) is 5.88 Å². The summed E-state index contributed by atoms with van der Waals surface area (Å²) >= 11 is 6.52. The Morgan fingerprint density at radius 3 is 2.71 bits per heavy atom. The first kappa shape index (κ1) is 16.8. The van der Waals surface area contributed by atoms with E-state index in [4.69, 9.17) is 22.1 Å². The quantitative estimate of drug-likeness (QED) is 0.648. The topological polar surface area (TPSA) is 63.9 Å². The summed E-state index contributed by atoms with van der Waals surface area (Å²) in [6, 6.07) is 7.90. The van der Waals surface area contributed by atoms with Crippen molar-refractivity contribution in [3.05, 3.63) is 46.6 Å². The second-order valence-electron chi connectivity index (χ2n) is 5.93. The van der Waals surface area contributed by atoms with Gasteiger partial charge in [0.1, 0.15) is 0 Å². The number of halogens is 1. The maximum Gasteiger partial charge on any atom is 0.212 e. The van der Waals surface area contributed by atoms with Gasteiger partial charge in [0.2, 0.25) is 5.88 Å². The van der Waals surface area contributed by atoms with E-state index in [0.29, 0.717) is 12.4 Å². The molecular weight excluding hydrogens is 322 g/mol. The fraction of sp³-hybridized carbons (Fsp3) is 0.316. The van der Waals surface area contributed by atoms with E-state index in [1.54, 1.807) is 7.11 Å². The largest absolute Gasteiger partial charge is 0.481 e. The van der Waals surface area contributed by atoms with Crippen LogP contribution >= 0.6 is 11.6 Å². The SMILES string of the molecule is COc1ccc(-c2[nH]c3c(C)ccc(Cl)c3c2CCCCN)cn1. The fourth-order valence-electron chi connectivity index (χ4n) is 3.05. The number of unbranched alkanes of at least 4 members (excludes halogenated alkanes) is 1. The number of aromatic nitrogens is 2. The van der Waals surface area contributed by atoms with E-state index < -0.39 is 0 Å². The van der Waals surface area contributed by atoms with Crippen LogP contribution in [0.25, 0.3) is 22.2 Å². The summed E-state index contributed by atoms with van der Waals surface area (Å²) in [5, 5.41) is 1.89. The minimum absolute atomic E-state index is 0.605. The molecular formula is C19H22ClN3O. The number of ether oxygens (including phenoxy) is 1. The highest BCUT2D eigenvalue weighted by molar-refractivity contribution is 6.36. The third kappa shape index (κ3) is 3.12. The van der Waals surface area contributed by atoms with Gasteiger partial charge in [0.25, 0.3) is 0 Å². The van der Waals surface area contributed by atoms with Gasteiger partial charge in [-0.1, -0.05) is 17.7 Å². The molecule has 0 saturated heterocycles. The molecule has 0 atom stereocenters. The summed E-state index contributed by atoms with van der Waals surface area (Å²) in [6.45, 7) is 2.80. The number of nitrogens with two attached hydrogens (primary N) is 1. The van der Waals surface area contributed by atoms with Crippen LogP contribution in [0.2, 0.25) is 5.02 Å². The molecule has 2 aromatic heterocycles. The Bertz CT molecular complexity index is 840. The highest BCUT2D eigenvalue weighted by Gasteiger charge is 2.17. The number of benzene rings is 1. The first-order valence-electron chi connectivity index (χ1n) is 8.16. The molecule has 0 radical (unpaired) electrons. The van der Waals surface area contributed by atoms with Crippen molar-refractivity contribution in [2.75, 3.05) is 13.7 Å². The molecule has 0 fully saturated rings. The van der Waals surface area contributed by atoms with Crippen molar-refractivity contribution in [1.29, 1.82) is 0 Å². The molecule has 0 aliphatic heterocycles. The van der Waals surface area contributed by atoms with Crippen LogP contribution in [0.4, 0.5) is 0 Å². The zero-order valence-electron chi connectivity index (χ0n) is 14.0. The average molecular weight is 344 g/mol. The maximum atomic E-state index is 6.52. The molecule has 3 N–H and O–H groups in total. The van der Waals surface area contributed by atoms with Gasteiger partial charge in [-0.05, 0) is 56.0 Å². The van der Waals surface area contributed by atoms with Crippen LogP contribution < -0.4 is 10.5 Å². The van der Waals surface area contributed by atoms with E-state index >= 15 is 0 Å². The highest BCUT2D eigenvalue weighted by Crippen LogP contribution is 2.37. The number of hydrogen-bond acceptors (Lipinski definition) is 3. The van der Waals surface area contributed by atoms with Crippen LogP contribution in [0.15, 0.2) is 30.5 Å². The van der Waals surface area contributed by atoms with Gasteiger partial charge in [-0.2, -0.15) is 0 Å². The van der Waals surface area contributed by atoms with Crippen molar-refractivity contribution in [2.45, 2.75) is 26.2 Å². The number of fused-ring (bicyclic) bond motifs is 1. The molecule has 2 heterocycles. The molecule has 0 spiro atoms. The van der Waals surface area contributed by atoms with E-state index in [2.05, 4.69) is 16.9 Å². The minimum atomic E-state index is 0.605. The lowest BCUT2D eigenvalue weighted by Crippen LogP contribution is -1.99. The fourth-order valence-corrected chi connectivity index (χ4v) is 3.33. The van der Waals surface area contributed by atoms with E-state index in [0.717, 1.165) is 46.4 Å². The monoisotopic (exact) mass is 343 g/mol. The Kier molecular flexibility index (Phi) is 5.07. The summed E-state index contributed by atoms with van der Waals surface area (Å²) < 4.78 is 5.16. The third-order valence-electron chi connectivity index (χ3n) is 4.33. The predicted molar refractivity (Wildman–Crippen MR) is 99.8 cm³/mol. The van der Waals surface area contributed by atoms with Gasteiger partial charge in [-0.25, -0.2) is 4.98 Å². The summed E-state index contributed by atoms with van der Waals surface area (Å²) in [5.74, 6) is 0.605. The highest BCUT2D eigenvalue weighted by atomic mass is 35.5. The van der Waals surface area contributed by atoms with Crippen molar-refractivity contribution in [1.82, 2.24) is 9.97 Å². The lowest BCUT2D eigenvalue weighted by atomic mass is 10.00. The van der Waals surface area contributed by atoms with Crippen molar-refractivity contribution in [3.63, 3.8) is 0 Å². The van der Waals surface area contributed by atoms with E-state index in [-0.39, 0.29) is 0 Å². The van der Waals surface area contributed by atoms with Crippen LogP contribution in [0, 0.1) is 6.92 Å². The maximum absolute atomic E-state index is 6.52. The number of H-pyrrole nitrogens is 1. The van der Waals surface area contributed by atoms with E-state index in [1.165, 1.54) is 11.1 Å². The smallest absolute Gasteiger partial charge is 0.212 e. The van der Waals surface area contributed by atoms with Crippen LogP contribution in [-0.4, -0.2) is 23.6 Å². The zero-order chi connectivity index (χ0) is 17.1. The lowest BCUT2D eigenvalue weighted by Gasteiger charge is -2.06. The Morgan fingerprint density at radius 2 is 2.04 bits per heavy atom. The van der Waals surface area contributed by atoms with E-state index in [1.807, 2.05) is 30.5 Å². The molecule has 0 unspecified atom stereocenters. The number of methoxy groups -OCH3 is 1. The number of hydrogen-bond donors (Lipinski definition) is 2. The molecule has 3 aromatic rings. The number of aryl methyl sites for hydroxylation is 2. The summed E-state index contributed by atoms with van der Waals surface area (Å²) in [4.78, 5) is 7.89. The van der Waals surface area contributed by atoms with Gasteiger partial charge in [0, 0.05) is 23.2 Å². The van der Waals surface area contributed by atoms with Crippen LogP contribution in [-0.2, 0) is 6.42 Å². The molecule has 1 aromatic carbocycles. The standard InChI is InChI=1S/C19H22ClN3O/c1-12-6-8-15(20)17-14(5-3-4-10-21)19(23-18(12)17)13-7-9-16(24-2)22-11-13/h6-9,11,23H,3-5,10,21H2,1-2H3. The zero-order valence-corrected chi connectivity index (χ0v) is 14.8. The molecule has 0 aliphatic rings. The second-order valence-corrected chi connectivity index (χ2v) is 6.34. The summed E-state index contributed by atoms with van der Waals surface area (Å²) in [7, 11) is 1.62. The Hall–Kier alpha value is -2.04. The Morgan fingerprint density at radius 1 is 1.21 bits per heavy atom. The molecule has 0 saturated carbocycles. The first-order valence-corrected chi connectivity index (χ1v) is 8.53. The molecule has 24 heavy (non-hydrogen) atoms. The first-order chi connectivity index (χ1) is 11.7. The Balaban J connectivity index is 2.15. The molecule has 126 valence electrons. The van der Waals surface area contributed by atoms with E-state index in [9.17, 15) is 0 Å². The minimum Gasteiger partial charge on any atom is -0.481 e. The van der Waals surface area contributed by atoms with Crippen LogP contribution in [0.3, 0.4) is 0 Å². The number of pyridine rings is 1. The molecule has 3 rings (SSSR count). The van der Waals surface area contributed by atoms with Gasteiger partial charge < -0.3 is 15.5 Å². The molecule has 4 nitrogen and oxygen atoms in total. The van der Waals surface area contributed by atoms with Crippen molar-refractivity contribution in [3.8, 4) is 17.1 Å². The number of aromatic amines is 1. The van der Waals surface area contributed by atoms with Gasteiger partial charge in [-0.3, -0.25) is 0 Å². The molecule has 0 bridgehead atoms. The predicted octanol–water partition coefficient (Wildman–Crippen LogP) is 4.48. The normalized spacial score (nSPS) is 11.2. The lowest BCUT2D eigenvalue weighted by molar-refractivity contribution is 0.398. The Labute approximate surface area is 147 Å². The van der Waals surface area contributed by atoms with Gasteiger partial charge in [0.15, 0.2) is 0 Å². The second kappa shape index (κ2) is 7.24. The van der Waals surface area contributed by atoms with Crippen molar-refractivity contribution < 1.29 is 4.74 Å². The number of rotatable bonds is 6. The average Bonchev–Trinajstić information content (AvgIpc) is 2.99. The number of nitrogens with zero attached hydrogens (tertiary/aromatic N) is 1. The third-order valence-corrected chi connectivity index (χ3v) is 4.65. The van der Waals surface area contributed by atoms with Crippen molar-refractivity contribution in [2.24, 2.45) is 5.73 Å². The molecule has 5 heteroatoms. The van der Waals surface area contributed by atoms with Crippen LogP contribution in [0.1, 0.15) is 24.0 Å². The summed E-state index contributed by atoms with van der Waals surface area (Å²) in [5.41, 5.74) is 11.3. The van der Waals surface area contributed by atoms with Gasteiger partial charge >= 0.3 is 0 Å². The van der Waals surface area contributed by atoms with Gasteiger partial charge in [0.05, 0.1) is 23.3 Å². The number of nitrogens with one attached hydrogen (secondary N) is 1.